The topological polar surface area (TPSA) is 78.5 Å². The number of rotatable bonds is 6. The average molecular weight is 464 g/mol. The van der Waals surface area contributed by atoms with Crippen molar-refractivity contribution < 1.29 is 14.3 Å². The van der Waals surface area contributed by atoms with Crippen LogP contribution in [-0.2, 0) is 11.3 Å². The van der Waals surface area contributed by atoms with Crippen molar-refractivity contribution in [3.63, 3.8) is 0 Å². The molecule has 1 fully saturated rings. The van der Waals surface area contributed by atoms with Crippen LogP contribution in [0.5, 0.6) is 5.75 Å². The van der Waals surface area contributed by atoms with E-state index in [1.54, 1.807) is 7.11 Å². The van der Waals surface area contributed by atoms with Crippen molar-refractivity contribution in [3.8, 4) is 17.0 Å². The Labute approximate surface area is 202 Å². The monoisotopic (exact) mass is 463 g/mol. The number of nitrogen functional groups attached to an aromatic ring is 1. The van der Waals surface area contributed by atoms with Crippen LogP contribution >= 0.6 is 0 Å². The largest absolute Gasteiger partial charge is 0.497 e. The molecule has 1 heterocycles. The molecule has 1 aliphatic carbocycles. The number of aromatic nitrogens is 1. The molecular weight excluding hydrogens is 426 g/mol. The van der Waals surface area contributed by atoms with Crippen LogP contribution in [0.4, 0.5) is 16.2 Å². The maximum atomic E-state index is 12.7. The normalized spacial score (nSPS) is 20.5. The van der Waals surface area contributed by atoms with E-state index in [1.165, 1.54) is 6.42 Å². The van der Waals surface area contributed by atoms with Gasteiger partial charge in [-0.1, -0.05) is 39.3 Å². The number of benzene rings is 2. The Morgan fingerprint density at radius 2 is 1.91 bits per heavy atom. The summed E-state index contributed by atoms with van der Waals surface area (Å²) in [5.74, 6) is 2.31. The van der Waals surface area contributed by atoms with Crippen molar-refractivity contribution >= 4 is 28.4 Å². The number of hydrogen-bond acceptors (Lipinski definition) is 4. The third-order valence-corrected chi connectivity index (χ3v) is 7.25. The van der Waals surface area contributed by atoms with Crippen molar-refractivity contribution in [1.29, 1.82) is 0 Å². The first kappa shape index (κ1) is 24.0. The number of carbonyl (C=O) groups is 1. The average Bonchev–Trinajstić information content (AvgIpc) is 3.10. The van der Waals surface area contributed by atoms with Gasteiger partial charge in [-0.05, 0) is 61.8 Å². The van der Waals surface area contributed by atoms with Crippen molar-refractivity contribution in [2.45, 2.75) is 59.6 Å². The molecule has 6 heteroatoms. The number of hydrogen-bond donors (Lipinski definition) is 2. The lowest BCUT2D eigenvalue weighted by atomic mass is 9.75. The molecule has 1 saturated carbocycles. The zero-order valence-corrected chi connectivity index (χ0v) is 20.9. The quantitative estimate of drug-likeness (QED) is 0.415. The van der Waals surface area contributed by atoms with Gasteiger partial charge in [0.15, 0.2) is 0 Å². The standard InChI is InChI=1S/C28H37N3O3/c1-6-31-24-16-21(33-5)12-14-23(24)26(29)27(31)19-8-10-20(11-9-19)30-28(32)34-25-15-18(4)7-13-22(25)17(2)3/h8-12,14,16-18,22,25H,6-7,13,15,29H2,1-5H3,(H,30,32)/t18-,22+,25+/m1/s1. The van der Waals surface area contributed by atoms with Crippen LogP contribution in [0.3, 0.4) is 0 Å². The van der Waals surface area contributed by atoms with Crippen LogP contribution in [-0.4, -0.2) is 23.9 Å². The van der Waals surface area contributed by atoms with E-state index < -0.39 is 0 Å². The number of anilines is 2. The van der Waals surface area contributed by atoms with Gasteiger partial charge >= 0.3 is 6.09 Å². The molecule has 2 aromatic carbocycles. The van der Waals surface area contributed by atoms with Gasteiger partial charge in [0.05, 0.1) is 24.0 Å². The molecule has 1 amide bonds. The molecule has 0 unspecified atom stereocenters. The van der Waals surface area contributed by atoms with Crippen LogP contribution in [0.25, 0.3) is 22.2 Å². The summed E-state index contributed by atoms with van der Waals surface area (Å²) in [6.07, 6.45) is 2.84. The minimum atomic E-state index is -0.383. The summed E-state index contributed by atoms with van der Waals surface area (Å²) in [6.45, 7) is 9.54. The highest BCUT2D eigenvalue weighted by molar-refractivity contribution is 6.01. The fourth-order valence-corrected chi connectivity index (χ4v) is 5.37. The van der Waals surface area contributed by atoms with Gasteiger partial charge in [-0.15, -0.1) is 0 Å². The van der Waals surface area contributed by atoms with Crippen molar-refractivity contribution in [2.24, 2.45) is 17.8 Å². The lowest BCUT2D eigenvalue weighted by molar-refractivity contribution is 0.0126. The van der Waals surface area contributed by atoms with Crippen LogP contribution < -0.4 is 15.8 Å². The molecule has 182 valence electrons. The first-order valence-corrected chi connectivity index (χ1v) is 12.4. The molecule has 1 aliphatic rings. The highest BCUT2D eigenvalue weighted by atomic mass is 16.6. The fraction of sp³-hybridized carbons (Fsp3) is 0.464. The number of amides is 1. The van der Waals surface area contributed by atoms with Gasteiger partial charge in [0.1, 0.15) is 11.9 Å². The van der Waals surface area contributed by atoms with Crippen LogP contribution in [0, 0.1) is 17.8 Å². The molecule has 0 aliphatic heterocycles. The molecular formula is C28H37N3O3. The van der Waals surface area contributed by atoms with Crippen LogP contribution in [0.1, 0.15) is 47.0 Å². The zero-order valence-electron chi connectivity index (χ0n) is 20.9. The van der Waals surface area contributed by atoms with Gasteiger partial charge < -0.3 is 19.8 Å². The predicted molar refractivity (Wildman–Crippen MR) is 139 cm³/mol. The summed E-state index contributed by atoms with van der Waals surface area (Å²) in [7, 11) is 1.67. The van der Waals surface area contributed by atoms with E-state index >= 15 is 0 Å². The molecule has 0 bridgehead atoms. The number of fused-ring (bicyclic) bond motifs is 1. The Morgan fingerprint density at radius 3 is 2.56 bits per heavy atom. The Kier molecular flexibility index (Phi) is 7.05. The second kappa shape index (κ2) is 10.00. The highest BCUT2D eigenvalue weighted by Gasteiger charge is 2.33. The van der Waals surface area contributed by atoms with E-state index in [2.05, 4.69) is 37.6 Å². The van der Waals surface area contributed by atoms with Crippen LogP contribution in [0.2, 0.25) is 0 Å². The van der Waals surface area contributed by atoms with Gasteiger partial charge in [0.25, 0.3) is 0 Å². The number of nitrogens with two attached hydrogens (primary N) is 1. The molecule has 0 saturated heterocycles. The Balaban J connectivity index is 1.52. The van der Waals surface area contributed by atoms with Gasteiger partial charge in [-0.25, -0.2) is 4.79 Å². The molecule has 3 aromatic rings. The van der Waals surface area contributed by atoms with Gasteiger partial charge in [0, 0.05) is 29.2 Å². The predicted octanol–water partition coefficient (Wildman–Crippen LogP) is 6.93. The van der Waals surface area contributed by atoms with E-state index in [9.17, 15) is 4.79 Å². The van der Waals surface area contributed by atoms with Crippen molar-refractivity contribution in [1.82, 2.24) is 4.57 Å². The summed E-state index contributed by atoms with van der Waals surface area (Å²) < 4.78 is 13.5. The van der Waals surface area contributed by atoms with E-state index in [4.69, 9.17) is 15.2 Å². The van der Waals surface area contributed by atoms with Gasteiger partial charge in [-0.2, -0.15) is 0 Å². The van der Waals surface area contributed by atoms with E-state index in [0.717, 1.165) is 53.0 Å². The molecule has 3 N–H and O–H groups in total. The molecule has 1 aromatic heterocycles. The molecule has 6 nitrogen and oxygen atoms in total. The first-order valence-electron chi connectivity index (χ1n) is 12.4. The third kappa shape index (κ3) is 4.72. The maximum Gasteiger partial charge on any atom is 0.411 e. The smallest absolute Gasteiger partial charge is 0.411 e. The van der Waals surface area contributed by atoms with E-state index in [-0.39, 0.29) is 12.2 Å². The molecule has 0 spiro atoms. The zero-order chi connectivity index (χ0) is 24.4. The number of nitrogens with one attached hydrogen (secondary N) is 1. The minimum absolute atomic E-state index is 0.0277. The SMILES string of the molecule is CCn1c(-c2ccc(NC(=O)O[C@H]3C[C@H](C)CC[C@H]3C(C)C)cc2)c(N)c2ccc(OC)cc21. The lowest BCUT2D eigenvalue weighted by Crippen LogP contribution is -2.36. The van der Waals surface area contributed by atoms with Crippen LogP contribution in [0.15, 0.2) is 42.5 Å². The lowest BCUT2D eigenvalue weighted by Gasteiger charge is -2.36. The van der Waals surface area contributed by atoms with Gasteiger partial charge in [-0.3, -0.25) is 5.32 Å². The summed E-state index contributed by atoms with van der Waals surface area (Å²) in [4.78, 5) is 12.7. The van der Waals surface area contributed by atoms with Crippen molar-refractivity contribution in [3.05, 3.63) is 42.5 Å². The fourth-order valence-electron chi connectivity index (χ4n) is 5.37. The third-order valence-electron chi connectivity index (χ3n) is 7.25. The summed E-state index contributed by atoms with van der Waals surface area (Å²) in [6, 6.07) is 13.7. The minimum Gasteiger partial charge on any atom is -0.497 e. The summed E-state index contributed by atoms with van der Waals surface area (Å²) in [5, 5.41) is 3.92. The number of ether oxygens (including phenoxy) is 2. The Bertz CT molecular complexity index is 1150. The summed E-state index contributed by atoms with van der Waals surface area (Å²) in [5.41, 5.74) is 11.0. The molecule has 34 heavy (non-hydrogen) atoms. The Hall–Kier alpha value is -3.15. The molecule has 3 atom stereocenters. The van der Waals surface area contributed by atoms with Crippen molar-refractivity contribution in [2.75, 3.05) is 18.2 Å². The first-order chi connectivity index (χ1) is 16.3. The maximum absolute atomic E-state index is 12.7. The number of carbonyl (C=O) groups excluding carboxylic acids is 1. The van der Waals surface area contributed by atoms with E-state index in [1.807, 2.05) is 42.5 Å². The number of nitrogens with zero attached hydrogens (tertiary/aromatic N) is 1. The highest BCUT2D eigenvalue weighted by Crippen LogP contribution is 2.38. The Morgan fingerprint density at radius 1 is 1.18 bits per heavy atom. The summed E-state index contributed by atoms with van der Waals surface area (Å²) >= 11 is 0. The number of methoxy groups -OCH3 is 1. The second-order valence-electron chi connectivity index (χ2n) is 9.86. The second-order valence-corrected chi connectivity index (χ2v) is 9.86. The molecule has 4 rings (SSSR count). The number of aryl methyl sites for hydroxylation is 1. The molecule has 0 radical (unpaired) electrons. The van der Waals surface area contributed by atoms with Gasteiger partial charge in [0.2, 0.25) is 0 Å². The van der Waals surface area contributed by atoms with E-state index in [0.29, 0.717) is 23.4 Å².